The predicted octanol–water partition coefficient (Wildman–Crippen LogP) is 6.37. The molecule has 152 valence electrons. The fraction of sp³-hybridized carbons (Fsp3) is 0.111. The lowest BCUT2D eigenvalue weighted by molar-refractivity contribution is -0.112. The number of thiazole rings is 1. The van der Waals surface area contributed by atoms with Crippen molar-refractivity contribution in [3.8, 4) is 11.1 Å². The topological polar surface area (TPSA) is 42.0 Å². The van der Waals surface area contributed by atoms with Crippen LogP contribution in [-0.4, -0.2) is 10.9 Å². The third-order valence-corrected chi connectivity index (χ3v) is 6.37. The van der Waals surface area contributed by atoms with E-state index in [1.807, 2.05) is 60.1 Å². The zero-order valence-corrected chi connectivity index (χ0v) is 17.9. The molecule has 1 heterocycles. The van der Waals surface area contributed by atoms with Gasteiger partial charge in [-0.3, -0.25) is 4.79 Å². The summed E-state index contributed by atoms with van der Waals surface area (Å²) in [5.74, 6) is -0.0246. The number of nitrogens with zero attached hydrogens (tertiary/aromatic N) is 1. The van der Waals surface area contributed by atoms with Crippen molar-refractivity contribution in [1.29, 1.82) is 0 Å². The lowest BCUT2D eigenvalue weighted by atomic mass is 9.89. The molecule has 1 aliphatic rings. The van der Waals surface area contributed by atoms with E-state index >= 15 is 0 Å². The average Bonchev–Trinajstić information content (AvgIpc) is 3.33. The van der Waals surface area contributed by atoms with E-state index in [-0.39, 0.29) is 5.91 Å². The summed E-state index contributed by atoms with van der Waals surface area (Å²) in [5.41, 5.74) is 7.62. The lowest BCUT2D eigenvalue weighted by Crippen LogP contribution is -2.17. The maximum Gasteiger partial charge on any atom is 0.251 e. The number of hydrogen-bond donors (Lipinski definition) is 1. The highest BCUT2D eigenvalue weighted by molar-refractivity contribution is 7.09. The smallest absolute Gasteiger partial charge is 0.251 e. The summed E-state index contributed by atoms with van der Waals surface area (Å²) in [7, 11) is 0. The normalized spacial score (nSPS) is 12.7. The maximum absolute atomic E-state index is 12.9. The van der Waals surface area contributed by atoms with Gasteiger partial charge in [0.25, 0.3) is 5.91 Å². The van der Waals surface area contributed by atoms with Crippen molar-refractivity contribution in [3.05, 3.63) is 112 Å². The molecule has 0 bridgehead atoms. The van der Waals surface area contributed by atoms with Gasteiger partial charge in [0.15, 0.2) is 0 Å². The second kappa shape index (κ2) is 8.70. The molecule has 0 radical (unpaired) electrons. The Morgan fingerprint density at radius 1 is 0.935 bits per heavy atom. The molecule has 0 atom stereocenters. The monoisotopic (exact) mass is 422 g/mol. The fourth-order valence-electron chi connectivity index (χ4n) is 3.91. The molecular weight excluding hydrogens is 400 g/mol. The summed E-state index contributed by atoms with van der Waals surface area (Å²) < 4.78 is 0. The first-order chi connectivity index (χ1) is 15.2. The molecule has 1 aromatic heterocycles. The molecule has 4 aromatic rings. The molecule has 3 nitrogen and oxygen atoms in total. The van der Waals surface area contributed by atoms with Crippen LogP contribution >= 0.6 is 11.3 Å². The van der Waals surface area contributed by atoms with Crippen LogP contribution in [0.4, 0.5) is 5.69 Å². The molecule has 5 rings (SSSR count). The molecule has 0 spiro atoms. The second-order valence-corrected chi connectivity index (χ2v) is 8.68. The number of benzene rings is 3. The van der Waals surface area contributed by atoms with Crippen molar-refractivity contribution in [2.45, 2.75) is 19.3 Å². The number of hydrogen-bond acceptors (Lipinski definition) is 3. The summed E-state index contributed by atoms with van der Waals surface area (Å²) in [6.45, 7) is 0. The van der Waals surface area contributed by atoms with Gasteiger partial charge >= 0.3 is 0 Å². The molecule has 4 heteroatoms. The van der Waals surface area contributed by atoms with Crippen LogP contribution in [0.25, 0.3) is 17.2 Å². The number of nitrogens with one attached hydrogen (secondary N) is 1. The minimum Gasteiger partial charge on any atom is -0.322 e. The number of carbonyl (C=O) groups excluding carboxylic acids is 1. The van der Waals surface area contributed by atoms with E-state index in [1.54, 1.807) is 11.3 Å². The van der Waals surface area contributed by atoms with Gasteiger partial charge in [0.1, 0.15) is 0 Å². The van der Waals surface area contributed by atoms with Gasteiger partial charge in [-0.25, -0.2) is 4.98 Å². The van der Waals surface area contributed by atoms with Crippen LogP contribution in [0.5, 0.6) is 0 Å². The van der Waals surface area contributed by atoms with Gasteiger partial charge < -0.3 is 5.32 Å². The number of carbonyl (C=O) groups is 1. The zero-order valence-electron chi connectivity index (χ0n) is 17.0. The number of aryl methyl sites for hydroxylation is 1. The Morgan fingerprint density at radius 2 is 1.77 bits per heavy atom. The molecule has 0 saturated heterocycles. The Balaban J connectivity index is 1.30. The van der Waals surface area contributed by atoms with Crippen molar-refractivity contribution in [2.24, 2.45) is 0 Å². The molecule has 3 aromatic carbocycles. The van der Waals surface area contributed by atoms with Crippen LogP contribution in [0.2, 0.25) is 0 Å². The molecule has 1 N–H and O–H groups in total. The standard InChI is InChI=1S/C27H22N2OS/c30-27(29-25-12-6-19(7-13-25)16-26-28-14-15-31-26)23-11-9-21-8-10-22(17-24(21)18-23)20-4-2-1-3-5-20/h1-8,10,12-15,17-18H,9,11,16H2,(H,29,30). The Kier molecular flexibility index (Phi) is 5.46. The summed E-state index contributed by atoms with van der Waals surface area (Å²) in [4.78, 5) is 17.2. The van der Waals surface area contributed by atoms with Crippen LogP contribution < -0.4 is 5.32 Å². The summed E-state index contributed by atoms with van der Waals surface area (Å²) in [5, 5.41) is 6.14. The molecular formula is C27H22N2OS. The van der Waals surface area contributed by atoms with Gasteiger partial charge in [0.05, 0.1) is 5.01 Å². The average molecular weight is 423 g/mol. The van der Waals surface area contributed by atoms with Gasteiger partial charge in [-0.2, -0.15) is 0 Å². The molecule has 1 aliphatic carbocycles. The quantitative estimate of drug-likeness (QED) is 0.406. The van der Waals surface area contributed by atoms with Gasteiger partial charge in [0.2, 0.25) is 0 Å². The summed E-state index contributed by atoms with van der Waals surface area (Å²) in [6.07, 6.45) is 6.32. The first-order valence-corrected chi connectivity index (χ1v) is 11.3. The van der Waals surface area contributed by atoms with Gasteiger partial charge in [-0.05, 0) is 64.9 Å². The van der Waals surface area contributed by atoms with Gasteiger partial charge in [-0.15, -0.1) is 11.3 Å². The Bertz CT molecular complexity index is 1230. The van der Waals surface area contributed by atoms with E-state index in [0.717, 1.165) is 41.1 Å². The van der Waals surface area contributed by atoms with Crippen LogP contribution in [0, 0.1) is 0 Å². The lowest BCUT2D eigenvalue weighted by Gasteiger charge is -2.17. The fourth-order valence-corrected chi connectivity index (χ4v) is 4.56. The van der Waals surface area contributed by atoms with Crippen LogP contribution in [0.1, 0.15) is 28.1 Å². The van der Waals surface area contributed by atoms with E-state index in [2.05, 4.69) is 40.6 Å². The SMILES string of the molecule is O=C(Nc1ccc(Cc2nccs2)cc1)C1=Cc2cc(-c3ccccc3)ccc2CC1. The van der Waals surface area contributed by atoms with Crippen molar-refractivity contribution >= 4 is 29.0 Å². The Morgan fingerprint density at radius 3 is 2.55 bits per heavy atom. The highest BCUT2D eigenvalue weighted by Gasteiger charge is 2.17. The summed E-state index contributed by atoms with van der Waals surface area (Å²) >= 11 is 1.66. The highest BCUT2D eigenvalue weighted by atomic mass is 32.1. The van der Waals surface area contributed by atoms with Crippen molar-refractivity contribution in [2.75, 3.05) is 5.32 Å². The maximum atomic E-state index is 12.9. The second-order valence-electron chi connectivity index (χ2n) is 7.70. The highest BCUT2D eigenvalue weighted by Crippen LogP contribution is 2.29. The van der Waals surface area contributed by atoms with E-state index in [4.69, 9.17) is 0 Å². The van der Waals surface area contributed by atoms with E-state index < -0.39 is 0 Å². The number of rotatable bonds is 5. The molecule has 0 fully saturated rings. The van der Waals surface area contributed by atoms with Crippen LogP contribution in [0.15, 0.2) is 89.9 Å². The first-order valence-electron chi connectivity index (χ1n) is 10.4. The van der Waals surface area contributed by atoms with Crippen molar-refractivity contribution in [1.82, 2.24) is 4.98 Å². The first kappa shape index (κ1) is 19.5. The summed E-state index contributed by atoms with van der Waals surface area (Å²) in [6, 6.07) is 24.9. The van der Waals surface area contributed by atoms with Crippen LogP contribution in [0.3, 0.4) is 0 Å². The minimum atomic E-state index is -0.0246. The Labute approximate surface area is 186 Å². The number of aromatic nitrogens is 1. The predicted molar refractivity (Wildman–Crippen MR) is 128 cm³/mol. The van der Waals surface area contributed by atoms with E-state index in [1.165, 1.54) is 22.3 Å². The van der Waals surface area contributed by atoms with E-state index in [9.17, 15) is 4.79 Å². The van der Waals surface area contributed by atoms with Gasteiger partial charge in [-0.1, -0.05) is 54.6 Å². The largest absolute Gasteiger partial charge is 0.322 e. The van der Waals surface area contributed by atoms with Crippen molar-refractivity contribution in [3.63, 3.8) is 0 Å². The Hall–Kier alpha value is -3.50. The van der Waals surface area contributed by atoms with Crippen LogP contribution in [-0.2, 0) is 17.6 Å². The van der Waals surface area contributed by atoms with Gasteiger partial charge in [0, 0.05) is 29.3 Å². The molecule has 1 amide bonds. The number of anilines is 1. The molecule has 0 aliphatic heterocycles. The molecule has 0 unspecified atom stereocenters. The molecule has 31 heavy (non-hydrogen) atoms. The zero-order chi connectivity index (χ0) is 21.0. The third-order valence-electron chi connectivity index (χ3n) is 5.59. The van der Waals surface area contributed by atoms with Crippen molar-refractivity contribution < 1.29 is 4.79 Å². The minimum absolute atomic E-state index is 0.0246. The molecule has 0 saturated carbocycles. The number of fused-ring (bicyclic) bond motifs is 1. The number of amides is 1. The third kappa shape index (κ3) is 4.49. The van der Waals surface area contributed by atoms with E-state index in [0.29, 0.717) is 0 Å².